The summed E-state index contributed by atoms with van der Waals surface area (Å²) in [5, 5.41) is 3.89. The zero-order valence-electron chi connectivity index (χ0n) is 10.4. The van der Waals surface area contributed by atoms with Crippen LogP contribution in [0, 0.1) is 0 Å². The van der Waals surface area contributed by atoms with Crippen LogP contribution in [-0.2, 0) is 0 Å². The highest BCUT2D eigenvalue weighted by atomic mass is 35.5. The van der Waals surface area contributed by atoms with Gasteiger partial charge in [0.1, 0.15) is 0 Å². The molecule has 0 unspecified atom stereocenters. The molecule has 1 fully saturated rings. The van der Waals surface area contributed by atoms with Crippen LogP contribution in [0.25, 0.3) is 0 Å². The number of benzene rings is 1. The highest BCUT2D eigenvalue weighted by molar-refractivity contribution is 6.30. The maximum atomic E-state index is 12.2. The minimum Gasteiger partial charge on any atom is -0.337 e. The minimum absolute atomic E-state index is 0. The molecule has 0 saturated carbocycles. The molecule has 100 valence electrons. The SMILES string of the molecule is CN[C@@H]1CCCN(C(=O)c2ccc(Cl)cc2)C1.Cl. The van der Waals surface area contributed by atoms with Gasteiger partial charge >= 0.3 is 0 Å². The van der Waals surface area contributed by atoms with Gasteiger partial charge in [0.25, 0.3) is 5.91 Å². The van der Waals surface area contributed by atoms with Gasteiger partial charge in [0.05, 0.1) is 0 Å². The van der Waals surface area contributed by atoms with Gasteiger partial charge in [-0.2, -0.15) is 0 Å². The molecule has 1 heterocycles. The summed E-state index contributed by atoms with van der Waals surface area (Å²) in [6.07, 6.45) is 2.20. The average molecular weight is 289 g/mol. The molecule has 5 heteroatoms. The predicted octanol–water partition coefficient (Wildman–Crippen LogP) is 2.59. The molecule has 1 amide bonds. The monoisotopic (exact) mass is 288 g/mol. The van der Waals surface area contributed by atoms with E-state index in [1.165, 1.54) is 0 Å². The van der Waals surface area contributed by atoms with Crippen molar-refractivity contribution in [3.05, 3.63) is 34.9 Å². The van der Waals surface area contributed by atoms with Crippen LogP contribution < -0.4 is 5.32 Å². The molecule has 1 N–H and O–H groups in total. The summed E-state index contributed by atoms with van der Waals surface area (Å²) in [5.41, 5.74) is 0.714. The van der Waals surface area contributed by atoms with Gasteiger partial charge in [-0.25, -0.2) is 0 Å². The van der Waals surface area contributed by atoms with Crippen molar-refractivity contribution in [2.75, 3.05) is 20.1 Å². The van der Waals surface area contributed by atoms with Crippen LogP contribution in [0.3, 0.4) is 0 Å². The number of hydrogen-bond donors (Lipinski definition) is 1. The number of halogens is 2. The molecule has 1 atom stereocenters. The lowest BCUT2D eigenvalue weighted by Crippen LogP contribution is -2.46. The molecule has 0 aromatic heterocycles. The number of carbonyl (C=O) groups excluding carboxylic acids is 1. The first-order valence-electron chi connectivity index (χ1n) is 5.93. The number of likely N-dealkylation sites (N-methyl/N-ethyl adjacent to an activating group) is 1. The van der Waals surface area contributed by atoms with E-state index < -0.39 is 0 Å². The Morgan fingerprint density at radius 2 is 2.06 bits per heavy atom. The average Bonchev–Trinajstić information content (AvgIpc) is 2.39. The zero-order chi connectivity index (χ0) is 12.3. The Bertz CT molecular complexity index is 394. The van der Waals surface area contributed by atoms with Crippen LogP contribution in [0.2, 0.25) is 5.02 Å². The van der Waals surface area contributed by atoms with Gasteiger partial charge in [0.2, 0.25) is 0 Å². The molecule has 0 aliphatic carbocycles. The summed E-state index contributed by atoms with van der Waals surface area (Å²) in [6, 6.07) is 7.50. The summed E-state index contributed by atoms with van der Waals surface area (Å²) in [5.74, 6) is 0.0987. The number of hydrogen-bond acceptors (Lipinski definition) is 2. The van der Waals surface area contributed by atoms with Crippen molar-refractivity contribution < 1.29 is 4.79 Å². The molecule has 3 nitrogen and oxygen atoms in total. The number of likely N-dealkylation sites (tertiary alicyclic amines) is 1. The molecular formula is C13H18Cl2N2O. The van der Waals surface area contributed by atoms with E-state index in [0.29, 0.717) is 16.6 Å². The van der Waals surface area contributed by atoms with E-state index in [4.69, 9.17) is 11.6 Å². The van der Waals surface area contributed by atoms with Gasteiger partial charge in [-0.1, -0.05) is 11.6 Å². The highest BCUT2D eigenvalue weighted by Gasteiger charge is 2.23. The fourth-order valence-electron chi connectivity index (χ4n) is 2.17. The lowest BCUT2D eigenvalue weighted by atomic mass is 10.0. The van der Waals surface area contributed by atoms with E-state index in [0.717, 1.165) is 25.9 Å². The van der Waals surface area contributed by atoms with E-state index in [1.807, 2.05) is 11.9 Å². The Morgan fingerprint density at radius 1 is 1.39 bits per heavy atom. The second kappa shape index (κ2) is 6.98. The normalized spacial score (nSPS) is 19.2. The van der Waals surface area contributed by atoms with Crippen molar-refractivity contribution in [3.63, 3.8) is 0 Å². The van der Waals surface area contributed by atoms with E-state index in [-0.39, 0.29) is 18.3 Å². The predicted molar refractivity (Wildman–Crippen MR) is 76.7 cm³/mol. The molecule has 1 aromatic carbocycles. The maximum Gasteiger partial charge on any atom is 0.253 e. The van der Waals surface area contributed by atoms with Crippen molar-refractivity contribution in [3.8, 4) is 0 Å². The smallest absolute Gasteiger partial charge is 0.253 e. The molecule has 18 heavy (non-hydrogen) atoms. The maximum absolute atomic E-state index is 12.2. The van der Waals surface area contributed by atoms with E-state index in [9.17, 15) is 4.79 Å². The standard InChI is InChI=1S/C13H17ClN2O.ClH/c1-15-12-3-2-8-16(9-12)13(17)10-4-6-11(14)7-5-10;/h4-7,12,15H,2-3,8-9H2,1H3;1H/t12-;/m1./s1. The molecule has 2 rings (SSSR count). The largest absolute Gasteiger partial charge is 0.337 e. The van der Waals surface area contributed by atoms with Gasteiger partial charge < -0.3 is 10.2 Å². The molecule has 0 radical (unpaired) electrons. The Hall–Kier alpha value is -0.770. The van der Waals surface area contributed by atoms with E-state index in [1.54, 1.807) is 24.3 Å². The zero-order valence-corrected chi connectivity index (χ0v) is 11.9. The summed E-state index contributed by atoms with van der Waals surface area (Å²) < 4.78 is 0. The van der Waals surface area contributed by atoms with Crippen LogP contribution >= 0.6 is 24.0 Å². The Labute approximate surface area is 119 Å². The molecule has 1 aliphatic heterocycles. The fraction of sp³-hybridized carbons (Fsp3) is 0.462. The summed E-state index contributed by atoms with van der Waals surface area (Å²) in [6.45, 7) is 1.64. The first kappa shape index (κ1) is 15.3. The van der Waals surface area contributed by atoms with Crippen molar-refractivity contribution >= 4 is 29.9 Å². The van der Waals surface area contributed by atoms with Gasteiger partial charge in [-0.05, 0) is 44.2 Å². The van der Waals surface area contributed by atoms with Gasteiger partial charge in [0.15, 0.2) is 0 Å². The number of carbonyl (C=O) groups is 1. The first-order chi connectivity index (χ1) is 8.20. The van der Waals surface area contributed by atoms with Crippen molar-refractivity contribution in [2.45, 2.75) is 18.9 Å². The van der Waals surface area contributed by atoms with E-state index in [2.05, 4.69) is 5.32 Å². The minimum atomic E-state index is 0. The van der Waals surface area contributed by atoms with Crippen LogP contribution in [-0.4, -0.2) is 37.0 Å². The highest BCUT2D eigenvalue weighted by Crippen LogP contribution is 2.15. The number of amides is 1. The van der Waals surface area contributed by atoms with Gasteiger partial charge in [0, 0.05) is 29.7 Å². The van der Waals surface area contributed by atoms with Gasteiger partial charge in [-0.3, -0.25) is 4.79 Å². The van der Waals surface area contributed by atoms with Crippen molar-refractivity contribution in [1.82, 2.24) is 10.2 Å². The molecule has 0 spiro atoms. The summed E-state index contributed by atoms with van der Waals surface area (Å²) >= 11 is 5.81. The van der Waals surface area contributed by atoms with E-state index >= 15 is 0 Å². The van der Waals surface area contributed by atoms with Crippen LogP contribution in [0.5, 0.6) is 0 Å². The third-order valence-corrected chi connectivity index (χ3v) is 3.46. The Kier molecular flexibility index (Phi) is 5.93. The Balaban J connectivity index is 0.00000162. The van der Waals surface area contributed by atoms with Crippen molar-refractivity contribution in [2.24, 2.45) is 0 Å². The molecule has 1 saturated heterocycles. The number of nitrogens with one attached hydrogen (secondary N) is 1. The number of piperidine rings is 1. The lowest BCUT2D eigenvalue weighted by Gasteiger charge is -2.32. The topological polar surface area (TPSA) is 32.3 Å². The lowest BCUT2D eigenvalue weighted by molar-refractivity contribution is 0.0698. The first-order valence-corrected chi connectivity index (χ1v) is 6.30. The quantitative estimate of drug-likeness (QED) is 0.907. The fourth-order valence-corrected chi connectivity index (χ4v) is 2.30. The Morgan fingerprint density at radius 3 is 2.67 bits per heavy atom. The van der Waals surface area contributed by atoms with Crippen LogP contribution in [0.1, 0.15) is 23.2 Å². The number of nitrogens with zero attached hydrogens (tertiary/aromatic N) is 1. The second-order valence-electron chi connectivity index (χ2n) is 4.39. The van der Waals surface area contributed by atoms with Gasteiger partial charge in [-0.15, -0.1) is 12.4 Å². The third-order valence-electron chi connectivity index (χ3n) is 3.21. The molecular weight excluding hydrogens is 271 g/mol. The molecule has 1 aliphatic rings. The summed E-state index contributed by atoms with van der Waals surface area (Å²) in [7, 11) is 1.95. The number of rotatable bonds is 2. The van der Waals surface area contributed by atoms with Crippen molar-refractivity contribution in [1.29, 1.82) is 0 Å². The van der Waals surface area contributed by atoms with Crippen LogP contribution in [0.4, 0.5) is 0 Å². The molecule has 0 bridgehead atoms. The van der Waals surface area contributed by atoms with Crippen LogP contribution in [0.15, 0.2) is 24.3 Å². The second-order valence-corrected chi connectivity index (χ2v) is 4.82. The third kappa shape index (κ3) is 3.61. The summed E-state index contributed by atoms with van der Waals surface area (Å²) in [4.78, 5) is 14.1. The molecule has 1 aromatic rings.